The van der Waals surface area contributed by atoms with Gasteiger partial charge >= 0.3 is 0 Å². The predicted octanol–water partition coefficient (Wildman–Crippen LogP) is 2.33. The summed E-state index contributed by atoms with van der Waals surface area (Å²) in [6.45, 7) is 2.65. The van der Waals surface area contributed by atoms with E-state index in [1.54, 1.807) is 13.2 Å². The molecule has 1 aromatic carbocycles. The van der Waals surface area contributed by atoms with Crippen molar-refractivity contribution in [2.75, 3.05) is 33.4 Å². The third-order valence-electron chi connectivity index (χ3n) is 3.03. The van der Waals surface area contributed by atoms with E-state index >= 15 is 0 Å². The van der Waals surface area contributed by atoms with Gasteiger partial charge < -0.3 is 19.8 Å². The van der Waals surface area contributed by atoms with Crippen LogP contribution in [0.15, 0.2) is 47.1 Å². The average molecular weight is 325 g/mol. The molecule has 2 aromatic rings. The van der Waals surface area contributed by atoms with E-state index in [-0.39, 0.29) is 18.3 Å². The summed E-state index contributed by atoms with van der Waals surface area (Å²) in [7, 11) is 1.66. The fraction of sp³-hybridized carbons (Fsp3) is 0.312. The summed E-state index contributed by atoms with van der Waals surface area (Å²) in [4.78, 5) is 12.1. The number of hydrogen-bond donors (Lipinski definition) is 2. The van der Waals surface area contributed by atoms with Crippen molar-refractivity contribution in [3.05, 3.63) is 48.4 Å². The first kappa shape index (κ1) is 18.2. The lowest BCUT2D eigenvalue weighted by Crippen LogP contribution is -2.33. The molecule has 0 saturated heterocycles. The van der Waals surface area contributed by atoms with Gasteiger partial charge in [0.25, 0.3) is 5.91 Å². The lowest BCUT2D eigenvalue weighted by atomic mass is 10.1. The SMILES string of the molecule is COCCNCCNC(=O)c1occc1-c1ccccc1.Cl. The van der Waals surface area contributed by atoms with Crippen LogP contribution in [0.4, 0.5) is 0 Å². The Hall–Kier alpha value is -1.82. The van der Waals surface area contributed by atoms with E-state index in [0.29, 0.717) is 25.5 Å². The van der Waals surface area contributed by atoms with E-state index in [0.717, 1.165) is 17.7 Å². The van der Waals surface area contributed by atoms with Crippen LogP contribution in [0.5, 0.6) is 0 Å². The minimum Gasteiger partial charge on any atom is -0.459 e. The normalized spacial score (nSPS) is 10.0. The molecule has 0 bridgehead atoms. The molecule has 0 fully saturated rings. The number of methoxy groups -OCH3 is 1. The molecule has 1 heterocycles. The van der Waals surface area contributed by atoms with E-state index in [1.807, 2.05) is 30.3 Å². The fourth-order valence-electron chi connectivity index (χ4n) is 1.97. The van der Waals surface area contributed by atoms with Crippen LogP contribution < -0.4 is 10.6 Å². The Kier molecular flexibility index (Phi) is 8.28. The smallest absolute Gasteiger partial charge is 0.287 e. The van der Waals surface area contributed by atoms with Crippen LogP contribution in [-0.4, -0.2) is 39.3 Å². The number of benzene rings is 1. The number of amides is 1. The predicted molar refractivity (Wildman–Crippen MR) is 88.5 cm³/mol. The van der Waals surface area contributed by atoms with Crippen LogP contribution in [0.25, 0.3) is 11.1 Å². The minimum absolute atomic E-state index is 0. The Labute approximate surface area is 136 Å². The number of ether oxygens (including phenoxy) is 1. The van der Waals surface area contributed by atoms with Gasteiger partial charge in [-0.1, -0.05) is 30.3 Å². The molecule has 1 amide bonds. The molecular weight excluding hydrogens is 304 g/mol. The van der Waals surface area contributed by atoms with Crippen LogP contribution in [0.3, 0.4) is 0 Å². The summed E-state index contributed by atoms with van der Waals surface area (Å²) < 4.78 is 10.3. The highest BCUT2D eigenvalue weighted by Gasteiger charge is 2.15. The molecule has 0 spiro atoms. The van der Waals surface area contributed by atoms with Crippen molar-refractivity contribution in [1.29, 1.82) is 0 Å². The number of halogens is 1. The van der Waals surface area contributed by atoms with Gasteiger partial charge in [0.05, 0.1) is 12.9 Å². The van der Waals surface area contributed by atoms with Crippen LogP contribution in [0.2, 0.25) is 0 Å². The molecule has 6 heteroatoms. The Morgan fingerprint density at radius 3 is 2.64 bits per heavy atom. The summed E-state index contributed by atoms with van der Waals surface area (Å²) in [6, 6.07) is 11.5. The van der Waals surface area contributed by atoms with Crippen LogP contribution in [0.1, 0.15) is 10.6 Å². The molecule has 2 N–H and O–H groups in total. The maximum absolute atomic E-state index is 12.1. The molecule has 0 saturated carbocycles. The first-order chi connectivity index (χ1) is 10.3. The van der Waals surface area contributed by atoms with Crippen LogP contribution >= 0.6 is 12.4 Å². The first-order valence-corrected chi connectivity index (χ1v) is 6.93. The molecule has 1 aromatic heterocycles. The van der Waals surface area contributed by atoms with Crippen molar-refractivity contribution in [2.24, 2.45) is 0 Å². The molecule has 5 nitrogen and oxygen atoms in total. The second-order valence-electron chi connectivity index (χ2n) is 4.53. The van der Waals surface area contributed by atoms with Gasteiger partial charge in [-0.25, -0.2) is 0 Å². The average Bonchev–Trinajstić information content (AvgIpc) is 3.01. The summed E-state index contributed by atoms with van der Waals surface area (Å²) in [6.07, 6.45) is 1.54. The molecule has 0 aliphatic rings. The second-order valence-corrected chi connectivity index (χ2v) is 4.53. The fourth-order valence-corrected chi connectivity index (χ4v) is 1.97. The van der Waals surface area contributed by atoms with Crippen LogP contribution in [0, 0.1) is 0 Å². The number of furan rings is 1. The minimum atomic E-state index is -0.201. The Bertz CT molecular complexity index is 558. The van der Waals surface area contributed by atoms with Gasteiger partial charge in [-0.15, -0.1) is 12.4 Å². The lowest BCUT2D eigenvalue weighted by Gasteiger charge is -2.06. The zero-order valence-electron chi connectivity index (χ0n) is 12.5. The van der Waals surface area contributed by atoms with Gasteiger partial charge in [-0.05, 0) is 11.6 Å². The molecule has 0 aliphatic carbocycles. The number of carbonyl (C=O) groups is 1. The van der Waals surface area contributed by atoms with Gasteiger partial charge in [0.15, 0.2) is 5.76 Å². The summed E-state index contributed by atoms with van der Waals surface area (Å²) >= 11 is 0. The standard InChI is InChI=1S/C16H20N2O3.ClH/c1-20-12-10-17-8-9-18-16(19)15-14(7-11-21-15)13-5-3-2-4-6-13;/h2-7,11,17H,8-10,12H2,1H3,(H,18,19);1H. The number of hydrogen-bond acceptors (Lipinski definition) is 4. The highest BCUT2D eigenvalue weighted by atomic mass is 35.5. The van der Waals surface area contributed by atoms with Crippen molar-refractivity contribution in [3.8, 4) is 11.1 Å². The number of carbonyl (C=O) groups excluding carboxylic acids is 1. The first-order valence-electron chi connectivity index (χ1n) is 6.93. The highest BCUT2D eigenvalue weighted by Crippen LogP contribution is 2.24. The zero-order valence-corrected chi connectivity index (χ0v) is 13.3. The molecule has 0 aliphatic heterocycles. The molecule has 22 heavy (non-hydrogen) atoms. The van der Waals surface area contributed by atoms with Gasteiger partial charge in [-0.3, -0.25) is 4.79 Å². The van der Waals surface area contributed by atoms with Crippen molar-refractivity contribution in [1.82, 2.24) is 10.6 Å². The van der Waals surface area contributed by atoms with Crippen molar-refractivity contribution in [3.63, 3.8) is 0 Å². The molecular formula is C16H21ClN2O3. The van der Waals surface area contributed by atoms with E-state index in [9.17, 15) is 4.79 Å². The largest absolute Gasteiger partial charge is 0.459 e. The molecule has 2 rings (SSSR count). The Morgan fingerprint density at radius 1 is 1.14 bits per heavy atom. The molecule has 0 unspecified atom stereocenters. The lowest BCUT2D eigenvalue weighted by molar-refractivity contribution is 0.0927. The quantitative estimate of drug-likeness (QED) is 0.732. The van der Waals surface area contributed by atoms with Gasteiger partial charge in [-0.2, -0.15) is 0 Å². The number of rotatable bonds is 8. The van der Waals surface area contributed by atoms with Crippen molar-refractivity contribution < 1.29 is 13.9 Å². The highest BCUT2D eigenvalue weighted by molar-refractivity contribution is 5.98. The van der Waals surface area contributed by atoms with E-state index in [4.69, 9.17) is 9.15 Å². The van der Waals surface area contributed by atoms with Crippen molar-refractivity contribution >= 4 is 18.3 Å². The van der Waals surface area contributed by atoms with Gasteiger partial charge in [0.2, 0.25) is 0 Å². The van der Waals surface area contributed by atoms with Crippen molar-refractivity contribution in [2.45, 2.75) is 0 Å². The van der Waals surface area contributed by atoms with Gasteiger partial charge in [0.1, 0.15) is 0 Å². The molecule has 120 valence electrons. The third-order valence-corrected chi connectivity index (χ3v) is 3.03. The second kappa shape index (κ2) is 10.00. The summed E-state index contributed by atoms with van der Waals surface area (Å²) in [5.41, 5.74) is 1.77. The van der Waals surface area contributed by atoms with E-state index in [1.165, 1.54) is 6.26 Å². The molecule has 0 atom stereocenters. The summed E-state index contributed by atoms with van der Waals surface area (Å²) in [5, 5.41) is 6.00. The van der Waals surface area contributed by atoms with E-state index in [2.05, 4.69) is 10.6 Å². The Morgan fingerprint density at radius 2 is 1.91 bits per heavy atom. The topological polar surface area (TPSA) is 63.5 Å². The van der Waals surface area contributed by atoms with Crippen LogP contribution in [-0.2, 0) is 4.74 Å². The number of nitrogens with one attached hydrogen (secondary N) is 2. The maximum Gasteiger partial charge on any atom is 0.287 e. The van der Waals surface area contributed by atoms with E-state index < -0.39 is 0 Å². The van der Waals surface area contributed by atoms with Gasteiger partial charge in [0, 0.05) is 32.3 Å². The monoisotopic (exact) mass is 324 g/mol. The zero-order chi connectivity index (χ0) is 14.9. The Balaban J connectivity index is 0.00000242. The third kappa shape index (κ3) is 5.18. The molecule has 0 radical (unpaired) electrons. The maximum atomic E-state index is 12.1. The summed E-state index contributed by atoms with van der Waals surface area (Å²) in [5.74, 6) is 0.144.